The number of imide groups is 1. The van der Waals surface area contributed by atoms with Gasteiger partial charge in [0.25, 0.3) is 11.1 Å². The van der Waals surface area contributed by atoms with Crippen molar-refractivity contribution in [3.05, 3.63) is 42.6 Å². The Morgan fingerprint density at radius 1 is 1.35 bits per heavy atom. The van der Waals surface area contributed by atoms with Crippen molar-refractivity contribution >= 4 is 28.8 Å². The molecule has 1 N–H and O–H groups in total. The molecule has 23 heavy (non-hydrogen) atoms. The number of nitrogens with zero attached hydrogens (tertiary/aromatic N) is 4. The molecule has 118 valence electrons. The van der Waals surface area contributed by atoms with Gasteiger partial charge in [0.2, 0.25) is 5.91 Å². The zero-order valence-electron chi connectivity index (χ0n) is 12.0. The molecule has 0 spiro atoms. The third-order valence-electron chi connectivity index (χ3n) is 3.24. The van der Waals surface area contributed by atoms with E-state index in [2.05, 4.69) is 15.3 Å². The second-order valence-corrected chi connectivity index (χ2v) is 5.66. The third kappa shape index (κ3) is 3.39. The summed E-state index contributed by atoms with van der Waals surface area (Å²) in [6.07, 6.45) is 6.47. The van der Waals surface area contributed by atoms with E-state index in [0.29, 0.717) is 11.4 Å². The third-order valence-corrected chi connectivity index (χ3v) is 4.10. The fraction of sp³-hybridized carbons (Fsp3) is 0.214. The number of rotatable bonds is 5. The number of carbonyl (C=O) groups is 3. The fourth-order valence-electron chi connectivity index (χ4n) is 2.05. The van der Waals surface area contributed by atoms with Crippen LogP contribution in [0.2, 0.25) is 0 Å². The average Bonchev–Trinajstić information content (AvgIpc) is 3.20. The van der Waals surface area contributed by atoms with Crippen molar-refractivity contribution in [1.82, 2.24) is 24.8 Å². The molecule has 0 aliphatic carbocycles. The van der Waals surface area contributed by atoms with Crippen LogP contribution in [-0.2, 0) is 4.79 Å². The molecular formula is C14H13N5O3S. The molecule has 1 saturated heterocycles. The van der Waals surface area contributed by atoms with Crippen LogP contribution in [0.5, 0.6) is 0 Å². The minimum Gasteiger partial charge on any atom is -0.350 e. The van der Waals surface area contributed by atoms with Crippen molar-refractivity contribution in [1.29, 1.82) is 0 Å². The van der Waals surface area contributed by atoms with Gasteiger partial charge >= 0.3 is 0 Å². The zero-order chi connectivity index (χ0) is 16.2. The van der Waals surface area contributed by atoms with Crippen molar-refractivity contribution in [3.63, 3.8) is 0 Å². The van der Waals surface area contributed by atoms with Crippen molar-refractivity contribution in [3.8, 4) is 5.82 Å². The van der Waals surface area contributed by atoms with E-state index in [1.807, 2.05) is 0 Å². The van der Waals surface area contributed by atoms with Crippen molar-refractivity contribution in [2.24, 2.45) is 0 Å². The van der Waals surface area contributed by atoms with Gasteiger partial charge in [-0.25, -0.2) is 9.97 Å². The SMILES string of the molecule is O=C(NCCN1C(=O)CSC1=O)c1ccc(-n2ccnc2)nc1. The van der Waals surface area contributed by atoms with E-state index in [0.717, 1.165) is 16.7 Å². The van der Waals surface area contributed by atoms with E-state index in [9.17, 15) is 14.4 Å². The Morgan fingerprint density at radius 3 is 2.83 bits per heavy atom. The lowest BCUT2D eigenvalue weighted by molar-refractivity contribution is -0.124. The van der Waals surface area contributed by atoms with Crippen LogP contribution in [0.1, 0.15) is 10.4 Å². The minimum absolute atomic E-state index is 0.173. The van der Waals surface area contributed by atoms with Crippen LogP contribution < -0.4 is 5.32 Å². The summed E-state index contributed by atoms with van der Waals surface area (Å²) >= 11 is 0.976. The molecule has 1 aliphatic rings. The number of aromatic nitrogens is 3. The molecule has 8 nitrogen and oxygen atoms in total. The van der Waals surface area contributed by atoms with Gasteiger partial charge in [-0.1, -0.05) is 11.8 Å². The van der Waals surface area contributed by atoms with Crippen LogP contribution in [0.3, 0.4) is 0 Å². The van der Waals surface area contributed by atoms with Gasteiger partial charge in [-0.15, -0.1) is 0 Å². The van der Waals surface area contributed by atoms with Gasteiger partial charge in [-0.2, -0.15) is 0 Å². The molecule has 0 aromatic carbocycles. The topological polar surface area (TPSA) is 97.2 Å². The molecular weight excluding hydrogens is 318 g/mol. The van der Waals surface area contributed by atoms with Crippen LogP contribution >= 0.6 is 11.8 Å². The van der Waals surface area contributed by atoms with Gasteiger partial charge in [0.05, 0.1) is 11.3 Å². The normalized spacial score (nSPS) is 14.3. The first kappa shape index (κ1) is 15.2. The number of imidazole rings is 1. The van der Waals surface area contributed by atoms with Crippen LogP contribution in [0.25, 0.3) is 5.82 Å². The first-order valence-electron chi connectivity index (χ1n) is 6.85. The molecule has 0 saturated carbocycles. The van der Waals surface area contributed by atoms with Gasteiger partial charge in [0.15, 0.2) is 0 Å². The minimum atomic E-state index is -0.304. The summed E-state index contributed by atoms with van der Waals surface area (Å²) in [6, 6.07) is 3.36. The monoisotopic (exact) mass is 331 g/mol. The van der Waals surface area contributed by atoms with E-state index >= 15 is 0 Å². The van der Waals surface area contributed by atoms with E-state index in [1.165, 1.54) is 6.20 Å². The highest BCUT2D eigenvalue weighted by Crippen LogP contribution is 2.17. The van der Waals surface area contributed by atoms with Crippen LogP contribution in [0.15, 0.2) is 37.1 Å². The van der Waals surface area contributed by atoms with Crippen LogP contribution in [0.4, 0.5) is 4.79 Å². The predicted molar refractivity (Wildman–Crippen MR) is 83.3 cm³/mol. The Balaban J connectivity index is 1.54. The smallest absolute Gasteiger partial charge is 0.288 e. The fourth-order valence-corrected chi connectivity index (χ4v) is 2.80. The van der Waals surface area contributed by atoms with Gasteiger partial charge in [-0.3, -0.25) is 23.9 Å². The first-order valence-corrected chi connectivity index (χ1v) is 7.83. The number of amides is 3. The standard InChI is InChI=1S/C14H13N5O3S/c20-12-8-23-14(22)19(12)6-4-16-13(21)10-1-2-11(17-7-10)18-5-3-15-9-18/h1-3,5,7,9H,4,6,8H2,(H,16,21). The summed E-state index contributed by atoms with van der Waals surface area (Å²) in [6.45, 7) is 0.386. The van der Waals surface area contributed by atoms with E-state index in [1.54, 1.807) is 35.4 Å². The first-order chi connectivity index (χ1) is 11.1. The number of pyridine rings is 1. The molecule has 1 fully saturated rings. The molecule has 2 aromatic rings. The molecule has 1 aliphatic heterocycles. The Hall–Kier alpha value is -2.68. The lowest BCUT2D eigenvalue weighted by Gasteiger charge is -2.13. The van der Waals surface area contributed by atoms with Crippen molar-refractivity contribution in [2.45, 2.75) is 0 Å². The number of nitrogens with one attached hydrogen (secondary N) is 1. The van der Waals surface area contributed by atoms with Crippen molar-refractivity contribution < 1.29 is 14.4 Å². The highest BCUT2D eigenvalue weighted by molar-refractivity contribution is 8.14. The second-order valence-electron chi connectivity index (χ2n) is 4.73. The molecule has 3 heterocycles. The molecule has 3 amide bonds. The van der Waals surface area contributed by atoms with Crippen LogP contribution in [-0.4, -0.2) is 55.3 Å². The average molecular weight is 331 g/mol. The molecule has 0 radical (unpaired) electrons. The zero-order valence-corrected chi connectivity index (χ0v) is 12.8. The number of hydrogen-bond acceptors (Lipinski definition) is 6. The number of carbonyl (C=O) groups excluding carboxylic acids is 3. The Morgan fingerprint density at radius 2 is 2.22 bits per heavy atom. The van der Waals surface area contributed by atoms with Gasteiger partial charge < -0.3 is 5.32 Å². The Kier molecular flexibility index (Phi) is 4.38. The maximum absolute atomic E-state index is 12.0. The Bertz CT molecular complexity index is 713. The summed E-state index contributed by atoms with van der Waals surface area (Å²) in [5, 5.41) is 2.40. The molecule has 3 rings (SSSR count). The maximum Gasteiger partial charge on any atom is 0.288 e. The molecule has 0 unspecified atom stereocenters. The van der Waals surface area contributed by atoms with Gasteiger partial charge in [-0.05, 0) is 12.1 Å². The largest absolute Gasteiger partial charge is 0.350 e. The highest BCUT2D eigenvalue weighted by atomic mass is 32.2. The van der Waals surface area contributed by atoms with E-state index < -0.39 is 0 Å². The highest BCUT2D eigenvalue weighted by Gasteiger charge is 2.29. The Labute approximate surface area is 135 Å². The summed E-state index contributed by atoms with van der Waals surface area (Å²) in [5.41, 5.74) is 0.405. The summed E-state index contributed by atoms with van der Waals surface area (Å²) in [4.78, 5) is 44.1. The molecule has 9 heteroatoms. The molecule has 0 atom stereocenters. The quantitative estimate of drug-likeness (QED) is 0.866. The van der Waals surface area contributed by atoms with E-state index in [-0.39, 0.29) is 35.9 Å². The maximum atomic E-state index is 12.0. The molecule has 0 bridgehead atoms. The lowest BCUT2D eigenvalue weighted by atomic mass is 10.2. The van der Waals surface area contributed by atoms with Gasteiger partial charge in [0.1, 0.15) is 12.1 Å². The summed E-state index contributed by atoms with van der Waals surface area (Å²) in [7, 11) is 0. The lowest BCUT2D eigenvalue weighted by Crippen LogP contribution is -2.37. The summed E-state index contributed by atoms with van der Waals surface area (Å²) in [5.74, 6) is 0.304. The van der Waals surface area contributed by atoms with Crippen molar-refractivity contribution in [2.75, 3.05) is 18.8 Å². The van der Waals surface area contributed by atoms with E-state index in [4.69, 9.17) is 0 Å². The summed E-state index contributed by atoms with van der Waals surface area (Å²) < 4.78 is 1.73. The van der Waals surface area contributed by atoms with Gasteiger partial charge in [0, 0.05) is 31.7 Å². The predicted octanol–water partition coefficient (Wildman–Crippen LogP) is 0.693. The number of thioether (sulfide) groups is 1. The van der Waals surface area contributed by atoms with Crippen LogP contribution in [0, 0.1) is 0 Å². The number of hydrogen-bond donors (Lipinski definition) is 1. The second kappa shape index (κ2) is 6.61. The molecule has 2 aromatic heterocycles.